The lowest BCUT2D eigenvalue weighted by molar-refractivity contribution is -0.144. The molecule has 1 aliphatic rings. The Bertz CT molecular complexity index is 949. The van der Waals surface area contributed by atoms with E-state index in [4.69, 9.17) is 0 Å². The summed E-state index contributed by atoms with van der Waals surface area (Å²) in [6.07, 6.45) is -1.95. The zero-order valence-electron chi connectivity index (χ0n) is 13.0. The molecule has 0 radical (unpaired) electrons. The number of thiophene rings is 1. The van der Waals surface area contributed by atoms with E-state index in [0.717, 1.165) is 29.7 Å². The van der Waals surface area contributed by atoms with Crippen molar-refractivity contribution >= 4 is 27.4 Å². The largest absolute Gasteiger partial charge is 0.451 e. The second-order valence-electron chi connectivity index (χ2n) is 5.91. The van der Waals surface area contributed by atoms with E-state index in [1.807, 2.05) is 0 Å². The monoisotopic (exact) mass is 367 g/mol. The summed E-state index contributed by atoms with van der Waals surface area (Å²) in [6.45, 7) is 0.186. The lowest BCUT2D eigenvalue weighted by Gasteiger charge is -2.11. The fourth-order valence-electron chi connectivity index (χ4n) is 3.08. The number of aryl methyl sites for hydroxylation is 2. The second-order valence-corrected chi connectivity index (χ2v) is 7.00. The third-order valence-corrected chi connectivity index (χ3v) is 5.35. The summed E-state index contributed by atoms with van der Waals surface area (Å²) in [6, 6.07) is 5.93. The highest BCUT2D eigenvalue weighted by atomic mass is 32.1. The van der Waals surface area contributed by atoms with Gasteiger partial charge in [0, 0.05) is 11.4 Å². The maximum absolute atomic E-state index is 13.3. The van der Waals surface area contributed by atoms with Crippen LogP contribution in [0.2, 0.25) is 0 Å². The number of benzene rings is 1. The molecule has 0 unspecified atom stereocenters. The Morgan fingerprint density at radius 3 is 2.76 bits per heavy atom. The fraction of sp³-hybridized carbons (Fsp3) is 0.294. The molecule has 3 nitrogen and oxygen atoms in total. The van der Waals surface area contributed by atoms with Gasteiger partial charge in [0.2, 0.25) is 5.82 Å². The smallest absolute Gasteiger partial charge is 0.365 e. The first-order valence-electron chi connectivity index (χ1n) is 7.79. The number of anilines is 1. The van der Waals surface area contributed by atoms with Gasteiger partial charge in [-0.3, -0.25) is 0 Å². The van der Waals surface area contributed by atoms with Crippen molar-refractivity contribution in [1.29, 1.82) is 0 Å². The predicted molar refractivity (Wildman–Crippen MR) is 88.2 cm³/mol. The summed E-state index contributed by atoms with van der Waals surface area (Å²) < 4.78 is 52.6. The van der Waals surface area contributed by atoms with Gasteiger partial charge in [0.15, 0.2) is 0 Å². The SMILES string of the molecule is Fc1cccc(CNc2nc(C(F)(F)F)nc3sc4c(c23)CCC4)c1. The van der Waals surface area contributed by atoms with Gasteiger partial charge in [-0.1, -0.05) is 12.1 Å². The number of hydrogen-bond acceptors (Lipinski definition) is 4. The third kappa shape index (κ3) is 3.06. The van der Waals surface area contributed by atoms with Gasteiger partial charge in [0.05, 0.1) is 5.39 Å². The Kier molecular flexibility index (Phi) is 3.87. The number of nitrogens with one attached hydrogen (secondary N) is 1. The molecule has 3 aromatic rings. The van der Waals surface area contributed by atoms with Crippen LogP contribution in [-0.2, 0) is 25.6 Å². The minimum absolute atomic E-state index is 0.168. The zero-order valence-corrected chi connectivity index (χ0v) is 13.8. The van der Waals surface area contributed by atoms with Crippen LogP contribution >= 0.6 is 11.3 Å². The van der Waals surface area contributed by atoms with Crippen molar-refractivity contribution in [2.24, 2.45) is 0 Å². The summed E-state index contributed by atoms with van der Waals surface area (Å²) in [4.78, 5) is 8.88. The Hall–Kier alpha value is -2.22. The topological polar surface area (TPSA) is 37.8 Å². The molecule has 4 rings (SSSR count). The van der Waals surface area contributed by atoms with Crippen LogP contribution in [-0.4, -0.2) is 9.97 Å². The van der Waals surface area contributed by atoms with Gasteiger partial charge in [-0.05, 0) is 42.5 Å². The molecule has 0 amide bonds. The number of fused-ring (bicyclic) bond motifs is 3. The van der Waals surface area contributed by atoms with Crippen LogP contribution in [0.1, 0.15) is 28.2 Å². The fourth-order valence-corrected chi connectivity index (χ4v) is 4.34. The molecule has 0 aliphatic heterocycles. The van der Waals surface area contributed by atoms with E-state index in [1.165, 1.54) is 23.5 Å². The molecule has 0 spiro atoms. The molecule has 2 aromatic heterocycles. The first-order valence-corrected chi connectivity index (χ1v) is 8.61. The first kappa shape index (κ1) is 16.3. The molecule has 2 heterocycles. The van der Waals surface area contributed by atoms with Crippen LogP contribution in [0.5, 0.6) is 0 Å². The van der Waals surface area contributed by atoms with E-state index in [2.05, 4.69) is 15.3 Å². The van der Waals surface area contributed by atoms with E-state index in [1.54, 1.807) is 12.1 Å². The summed E-state index contributed by atoms with van der Waals surface area (Å²) in [5.41, 5.74) is 1.67. The van der Waals surface area contributed by atoms with Crippen LogP contribution < -0.4 is 5.32 Å². The normalized spacial score (nSPS) is 14.1. The second kappa shape index (κ2) is 5.94. The molecule has 130 valence electrons. The van der Waals surface area contributed by atoms with Gasteiger partial charge in [-0.2, -0.15) is 13.2 Å². The van der Waals surface area contributed by atoms with E-state index in [9.17, 15) is 17.6 Å². The summed E-state index contributed by atoms with van der Waals surface area (Å²) in [7, 11) is 0. The van der Waals surface area contributed by atoms with Gasteiger partial charge in [-0.25, -0.2) is 14.4 Å². The Morgan fingerprint density at radius 1 is 1.16 bits per heavy atom. The summed E-state index contributed by atoms with van der Waals surface area (Å²) >= 11 is 1.30. The molecule has 1 aliphatic carbocycles. The molecule has 0 saturated heterocycles. The van der Waals surface area contributed by atoms with Gasteiger partial charge in [0.1, 0.15) is 16.5 Å². The van der Waals surface area contributed by atoms with Crippen molar-refractivity contribution in [1.82, 2.24) is 9.97 Å². The van der Waals surface area contributed by atoms with Crippen molar-refractivity contribution in [3.05, 3.63) is 51.9 Å². The maximum Gasteiger partial charge on any atom is 0.451 e. The molecule has 25 heavy (non-hydrogen) atoms. The molecule has 0 saturated carbocycles. The number of aromatic nitrogens is 2. The minimum Gasteiger partial charge on any atom is -0.365 e. The molecular formula is C17H13F4N3S. The van der Waals surface area contributed by atoms with Crippen molar-refractivity contribution in [2.75, 3.05) is 5.32 Å². The molecule has 0 bridgehead atoms. The Morgan fingerprint density at radius 2 is 2.00 bits per heavy atom. The van der Waals surface area contributed by atoms with Crippen molar-refractivity contribution < 1.29 is 17.6 Å². The number of rotatable bonds is 3. The van der Waals surface area contributed by atoms with Crippen LogP contribution in [0.4, 0.5) is 23.4 Å². The van der Waals surface area contributed by atoms with E-state index < -0.39 is 12.0 Å². The van der Waals surface area contributed by atoms with Crippen LogP contribution in [0, 0.1) is 5.82 Å². The highest BCUT2D eigenvalue weighted by molar-refractivity contribution is 7.19. The summed E-state index contributed by atoms with van der Waals surface area (Å²) in [5.74, 6) is -1.37. The molecule has 1 aromatic carbocycles. The number of nitrogens with zero attached hydrogens (tertiary/aromatic N) is 2. The lowest BCUT2D eigenvalue weighted by Crippen LogP contribution is -2.13. The van der Waals surface area contributed by atoms with Gasteiger partial charge >= 0.3 is 6.18 Å². The van der Waals surface area contributed by atoms with Gasteiger partial charge < -0.3 is 5.32 Å². The molecule has 0 fully saturated rings. The standard InChI is InChI=1S/C17H13F4N3S/c18-10-4-1-3-9(7-10)8-22-14-13-11-5-2-6-12(11)25-15(13)24-16(23-14)17(19,20)21/h1,3-4,7H,2,5-6,8H2,(H,22,23,24). The first-order chi connectivity index (χ1) is 11.9. The molecular weight excluding hydrogens is 354 g/mol. The summed E-state index contributed by atoms with van der Waals surface area (Å²) in [5, 5.41) is 3.62. The predicted octanol–water partition coefficient (Wildman–Crippen LogP) is 4.95. The molecule has 8 heteroatoms. The number of hydrogen-bond donors (Lipinski definition) is 1. The number of halogens is 4. The number of alkyl halides is 3. The molecule has 0 atom stereocenters. The van der Waals surface area contributed by atoms with Crippen molar-refractivity contribution in [2.45, 2.75) is 32.0 Å². The quantitative estimate of drug-likeness (QED) is 0.666. The average molecular weight is 367 g/mol. The van der Waals surface area contributed by atoms with E-state index in [-0.39, 0.29) is 18.2 Å². The third-order valence-electron chi connectivity index (χ3n) is 4.17. The van der Waals surface area contributed by atoms with Gasteiger partial charge in [-0.15, -0.1) is 11.3 Å². The van der Waals surface area contributed by atoms with Gasteiger partial charge in [0.25, 0.3) is 0 Å². The van der Waals surface area contributed by atoms with Crippen LogP contribution in [0.3, 0.4) is 0 Å². The average Bonchev–Trinajstić information content (AvgIpc) is 3.12. The molecule has 1 N–H and O–H groups in total. The van der Waals surface area contributed by atoms with Crippen LogP contribution in [0.15, 0.2) is 24.3 Å². The Balaban J connectivity index is 1.77. The highest BCUT2D eigenvalue weighted by Crippen LogP contribution is 2.41. The zero-order chi connectivity index (χ0) is 17.6. The lowest BCUT2D eigenvalue weighted by atomic mass is 10.1. The van der Waals surface area contributed by atoms with E-state index in [0.29, 0.717) is 15.8 Å². The maximum atomic E-state index is 13.3. The highest BCUT2D eigenvalue weighted by Gasteiger charge is 2.36. The van der Waals surface area contributed by atoms with Crippen molar-refractivity contribution in [3.63, 3.8) is 0 Å². The Labute approximate surface area is 144 Å². The van der Waals surface area contributed by atoms with Crippen molar-refractivity contribution in [3.8, 4) is 0 Å². The van der Waals surface area contributed by atoms with E-state index >= 15 is 0 Å². The van der Waals surface area contributed by atoms with Crippen LogP contribution in [0.25, 0.3) is 10.2 Å². The minimum atomic E-state index is -4.61.